The maximum Gasteiger partial charge on any atom is 0.203 e. The molecule has 5 nitrogen and oxygen atoms in total. The molecule has 3 rings (SSSR count). The number of nitrogens with zero attached hydrogens (tertiary/aromatic N) is 1. The lowest BCUT2D eigenvalue weighted by atomic mass is 10.2. The molecule has 0 radical (unpaired) electrons. The fourth-order valence-corrected chi connectivity index (χ4v) is 3.04. The predicted molar refractivity (Wildman–Crippen MR) is 101 cm³/mol. The average Bonchev–Trinajstić information content (AvgIpc) is 3.02. The molecule has 1 aliphatic heterocycles. The van der Waals surface area contributed by atoms with Gasteiger partial charge in [0.2, 0.25) is 5.75 Å². The molecule has 2 aromatic rings. The zero-order valence-electron chi connectivity index (χ0n) is 14.5. The minimum atomic E-state index is -0.606. The molecule has 0 saturated heterocycles. The lowest BCUT2D eigenvalue weighted by molar-refractivity contribution is 0.108. The van der Waals surface area contributed by atoms with Crippen molar-refractivity contribution in [2.24, 2.45) is 0 Å². The second-order valence-electron chi connectivity index (χ2n) is 5.78. The highest BCUT2D eigenvalue weighted by atomic mass is 35.5. The topological polar surface area (TPSA) is 51.2 Å². The third kappa shape index (κ3) is 4.30. The van der Waals surface area contributed by atoms with Crippen molar-refractivity contribution in [2.45, 2.75) is 12.5 Å². The van der Waals surface area contributed by atoms with E-state index in [2.05, 4.69) is 23.1 Å². The summed E-state index contributed by atoms with van der Waals surface area (Å²) in [4.78, 5) is 2.20. The van der Waals surface area contributed by atoms with Gasteiger partial charge in [-0.2, -0.15) is 0 Å². The zero-order chi connectivity index (χ0) is 16.9. The summed E-state index contributed by atoms with van der Waals surface area (Å²) in [7, 11) is 3.17. The first kappa shape index (κ1) is 19.2. The summed E-state index contributed by atoms with van der Waals surface area (Å²) >= 11 is 0. The summed E-state index contributed by atoms with van der Waals surface area (Å²) in [5, 5.41) is 10.4. The Hall–Kier alpha value is -2.11. The molecule has 1 atom stereocenters. The zero-order valence-corrected chi connectivity index (χ0v) is 15.3. The summed E-state index contributed by atoms with van der Waals surface area (Å²) < 4.78 is 16.4. The van der Waals surface area contributed by atoms with E-state index < -0.39 is 6.10 Å². The number of aliphatic hydroxyl groups is 1. The molecule has 1 unspecified atom stereocenters. The van der Waals surface area contributed by atoms with Crippen molar-refractivity contribution in [1.82, 2.24) is 0 Å². The smallest absolute Gasteiger partial charge is 0.203 e. The van der Waals surface area contributed by atoms with Gasteiger partial charge in [-0.15, -0.1) is 12.4 Å². The van der Waals surface area contributed by atoms with Gasteiger partial charge in [-0.25, -0.2) is 0 Å². The van der Waals surface area contributed by atoms with E-state index in [4.69, 9.17) is 14.2 Å². The van der Waals surface area contributed by atoms with Crippen LogP contribution in [0.2, 0.25) is 0 Å². The Balaban J connectivity index is 0.00000225. The normalized spacial score (nSPS) is 13.6. The van der Waals surface area contributed by atoms with Crippen molar-refractivity contribution in [2.75, 3.05) is 38.8 Å². The van der Waals surface area contributed by atoms with Gasteiger partial charge in [-0.3, -0.25) is 0 Å². The summed E-state index contributed by atoms with van der Waals surface area (Å²) in [5.74, 6) is 1.70. The lowest BCUT2D eigenvalue weighted by Crippen LogP contribution is -2.34. The van der Waals surface area contributed by atoms with E-state index in [1.807, 2.05) is 12.1 Å². The van der Waals surface area contributed by atoms with E-state index in [1.165, 1.54) is 11.3 Å². The second-order valence-corrected chi connectivity index (χ2v) is 5.78. The number of aliphatic hydroxyl groups excluding tert-OH is 1. The molecule has 136 valence electrons. The van der Waals surface area contributed by atoms with Gasteiger partial charge in [-0.05, 0) is 30.2 Å². The number of halogens is 1. The highest BCUT2D eigenvalue weighted by Gasteiger charge is 2.21. The van der Waals surface area contributed by atoms with Crippen LogP contribution in [-0.2, 0) is 6.42 Å². The van der Waals surface area contributed by atoms with Gasteiger partial charge in [0.05, 0.1) is 14.2 Å². The van der Waals surface area contributed by atoms with Crippen molar-refractivity contribution in [3.63, 3.8) is 0 Å². The van der Waals surface area contributed by atoms with Gasteiger partial charge in [-0.1, -0.05) is 24.3 Å². The van der Waals surface area contributed by atoms with E-state index in [9.17, 15) is 5.11 Å². The molecule has 0 fully saturated rings. The number of anilines is 1. The highest BCUT2D eigenvalue weighted by Crippen LogP contribution is 2.36. The number of methoxy groups -OCH3 is 2. The summed E-state index contributed by atoms with van der Waals surface area (Å²) in [6.07, 6.45) is 0.412. The number of hydrogen-bond donors (Lipinski definition) is 1. The van der Waals surface area contributed by atoms with E-state index in [-0.39, 0.29) is 19.0 Å². The molecular formula is C19H24ClNO4. The maximum atomic E-state index is 10.4. The van der Waals surface area contributed by atoms with Crippen LogP contribution >= 0.6 is 12.4 Å². The minimum absolute atomic E-state index is 0. The molecule has 0 bridgehead atoms. The quantitative estimate of drug-likeness (QED) is 0.817. The number of β-amino-alcohol motifs (C(OH)–C–C–N with tert-alkyl or cyclic N) is 1. The van der Waals surface area contributed by atoms with Crippen molar-refractivity contribution in [1.29, 1.82) is 0 Å². The Labute approximate surface area is 154 Å². The van der Waals surface area contributed by atoms with Crippen LogP contribution in [0.3, 0.4) is 0 Å². The molecule has 1 N–H and O–H groups in total. The van der Waals surface area contributed by atoms with Crippen LogP contribution in [0.1, 0.15) is 5.56 Å². The van der Waals surface area contributed by atoms with Crippen LogP contribution in [0, 0.1) is 0 Å². The molecule has 2 aromatic carbocycles. The molecule has 0 saturated carbocycles. The van der Waals surface area contributed by atoms with E-state index >= 15 is 0 Å². The first-order valence-corrected chi connectivity index (χ1v) is 8.07. The molecule has 25 heavy (non-hydrogen) atoms. The van der Waals surface area contributed by atoms with Crippen LogP contribution in [0.5, 0.6) is 17.2 Å². The predicted octanol–water partition coefficient (Wildman–Crippen LogP) is 2.93. The Kier molecular flexibility index (Phi) is 6.79. The van der Waals surface area contributed by atoms with E-state index in [0.717, 1.165) is 13.0 Å². The largest absolute Gasteiger partial charge is 0.493 e. The van der Waals surface area contributed by atoms with Crippen molar-refractivity contribution in [3.05, 3.63) is 48.0 Å². The maximum absolute atomic E-state index is 10.4. The van der Waals surface area contributed by atoms with Gasteiger partial charge in [0.1, 0.15) is 12.7 Å². The van der Waals surface area contributed by atoms with Gasteiger partial charge in [0.25, 0.3) is 0 Å². The number of hydrogen-bond acceptors (Lipinski definition) is 5. The van der Waals surface area contributed by atoms with Crippen molar-refractivity contribution in [3.8, 4) is 17.2 Å². The van der Waals surface area contributed by atoms with Crippen LogP contribution in [0.4, 0.5) is 5.69 Å². The fourth-order valence-electron chi connectivity index (χ4n) is 3.04. The molecule has 0 aromatic heterocycles. The third-order valence-electron chi connectivity index (χ3n) is 4.22. The number of para-hydroxylation sites is 2. The fraction of sp³-hybridized carbons (Fsp3) is 0.368. The van der Waals surface area contributed by atoms with Crippen LogP contribution < -0.4 is 19.1 Å². The van der Waals surface area contributed by atoms with E-state index in [1.54, 1.807) is 26.4 Å². The van der Waals surface area contributed by atoms with Crippen LogP contribution in [-0.4, -0.2) is 45.1 Å². The molecule has 1 heterocycles. The van der Waals surface area contributed by atoms with Gasteiger partial charge in [0.15, 0.2) is 11.5 Å². The number of fused-ring (bicyclic) bond motifs is 1. The minimum Gasteiger partial charge on any atom is -0.493 e. The molecule has 0 amide bonds. The Morgan fingerprint density at radius 3 is 2.40 bits per heavy atom. The summed E-state index contributed by atoms with van der Waals surface area (Å²) in [6.45, 7) is 1.64. The molecule has 0 aliphatic carbocycles. The Bertz CT molecular complexity index is 673. The first-order chi connectivity index (χ1) is 11.7. The van der Waals surface area contributed by atoms with Crippen LogP contribution in [0.25, 0.3) is 0 Å². The van der Waals surface area contributed by atoms with Gasteiger partial charge in [0, 0.05) is 18.8 Å². The van der Waals surface area contributed by atoms with Crippen LogP contribution in [0.15, 0.2) is 42.5 Å². The molecule has 1 aliphatic rings. The average molecular weight is 366 g/mol. The number of ether oxygens (including phenoxy) is 3. The van der Waals surface area contributed by atoms with Crippen molar-refractivity contribution < 1.29 is 19.3 Å². The van der Waals surface area contributed by atoms with E-state index in [0.29, 0.717) is 23.8 Å². The second kappa shape index (κ2) is 8.83. The number of benzene rings is 2. The molecular weight excluding hydrogens is 342 g/mol. The highest BCUT2D eigenvalue weighted by molar-refractivity contribution is 5.85. The third-order valence-corrected chi connectivity index (χ3v) is 4.22. The SMILES string of the molecule is COc1cccc(OC)c1OCC(O)CN1CCc2ccccc21.Cl. The summed E-state index contributed by atoms with van der Waals surface area (Å²) in [5.41, 5.74) is 2.53. The Morgan fingerprint density at radius 2 is 1.72 bits per heavy atom. The van der Waals surface area contributed by atoms with Gasteiger partial charge < -0.3 is 24.2 Å². The monoisotopic (exact) mass is 365 g/mol. The van der Waals surface area contributed by atoms with Gasteiger partial charge >= 0.3 is 0 Å². The first-order valence-electron chi connectivity index (χ1n) is 8.07. The standard InChI is InChI=1S/C19H23NO4.ClH/c1-22-17-8-5-9-18(23-2)19(17)24-13-15(21)12-20-11-10-14-6-3-4-7-16(14)20;/h3-9,15,21H,10-13H2,1-2H3;1H. The molecule has 6 heteroatoms. The number of rotatable bonds is 7. The lowest BCUT2D eigenvalue weighted by Gasteiger charge is -2.23. The van der Waals surface area contributed by atoms with Crippen molar-refractivity contribution >= 4 is 18.1 Å². The summed E-state index contributed by atoms with van der Waals surface area (Å²) in [6, 6.07) is 13.8. The Morgan fingerprint density at radius 1 is 1.04 bits per heavy atom. The molecule has 0 spiro atoms.